The average molecular weight is 272 g/mol. The molecule has 1 amide bonds. The molecule has 106 valence electrons. The number of benzene rings is 1. The third kappa shape index (κ3) is 3.68. The summed E-state index contributed by atoms with van der Waals surface area (Å²) in [4.78, 5) is 11.8. The van der Waals surface area contributed by atoms with Crippen LogP contribution in [0, 0.1) is 0 Å². The van der Waals surface area contributed by atoms with Gasteiger partial charge in [0.15, 0.2) is 0 Å². The molecular weight excluding hydrogens is 252 g/mol. The largest absolute Gasteiger partial charge is 0.350 e. The van der Waals surface area contributed by atoms with Gasteiger partial charge < -0.3 is 11.1 Å². The Labute approximate surface area is 118 Å². The number of carbonyl (C=O) groups excluding carboxylic acids is 1. The van der Waals surface area contributed by atoms with Crippen LogP contribution >= 0.6 is 0 Å². The molecule has 5 heteroatoms. The van der Waals surface area contributed by atoms with Crippen molar-refractivity contribution in [2.45, 2.75) is 32.5 Å². The molecule has 0 spiro atoms. The Hall–Kier alpha value is -2.14. The van der Waals surface area contributed by atoms with Gasteiger partial charge in [0.25, 0.3) is 0 Å². The quantitative estimate of drug-likeness (QED) is 0.861. The van der Waals surface area contributed by atoms with Crippen LogP contribution in [0.2, 0.25) is 0 Å². The molecule has 1 aromatic heterocycles. The minimum atomic E-state index is -0.864. The normalized spacial score (nSPS) is 11.3. The molecule has 1 heterocycles. The van der Waals surface area contributed by atoms with Gasteiger partial charge in [-0.2, -0.15) is 5.10 Å². The highest BCUT2D eigenvalue weighted by molar-refractivity contribution is 5.85. The lowest BCUT2D eigenvalue weighted by Crippen LogP contribution is -2.48. The predicted octanol–water partition coefficient (Wildman–Crippen LogP) is 1.28. The summed E-state index contributed by atoms with van der Waals surface area (Å²) in [5, 5.41) is 7.06. The Balaban J connectivity index is 2.06. The Morgan fingerprint density at radius 1 is 1.30 bits per heavy atom. The Morgan fingerprint density at radius 3 is 2.60 bits per heavy atom. The maximum Gasteiger partial charge on any atom is 0.239 e. The minimum absolute atomic E-state index is 0.161. The van der Waals surface area contributed by atoms with Gasteiger partial charge in [0.05, 0.1) is 12.1 Å². The zero-order chi connectivity index (χ0) is 14.6. The van der Waals surface area contributed by atoms with Gasteiger partial charge in [0, 0.05) is 18.9 Å². The van der Waals surface area contributed by atoms with Crippen LogP contribution in [0.3, 0.4) is 0 Å². The molecule has 0 bridgehead atoms. The number of hydrogen-bond acceptors (Lipinski definition) is 3. The molecule has 0 aliphatic heterocycles. The first-order valence-corrected chi connectivity index (χ1v) is 6.58. The van der Waals surface area contributed by atoms with Crippen LogP contribution in [-0.2, 0) is 17.9 Å². The molecule has 1 aromatic carbocycles. The van der Waals surface area contributed by atoms with Gasteiger partial charge in [0.2, 0.25) is 5.91 Å². The highest BCUT2D eigenvalue weighted by atomic mass is 16.2. The van der Waals surface area contributed by atoms with E-state index in [1.807, 2.05) is 41.2 Å². The van der Waals surface area contributed by atoms with Crippen molar-refractivity contribution in [2.24, 2.45) is 5.73 Å². The number of nitrogens with one attached hydrogen (secondary N) is 1. The van der Waals surface area contributed by atoms with Gasteiger partial charge in [-0.3, -0.25) is 9.48 Å². The third-order valence-corrected chi connectivity index (χ3v) is 3.03. The highest BCUT2D eigenvalue weighted by Gasteiger charge is 2.21. The van der Waals surface area contributed by atoms with Gasteiger partial charge in [-0.25, -0.2) is 0 Å². The fourth-order valence-corrected chi connectivity index (χ4v) is 1.86. The van der Waals surface area contributed by atoms with E-state index in [-0.39, 0.29) is 5.91 Å². The molecule has 0 unspecified atom stereocenters. The van der Waals surface area contributed by atoms with Crippen molar-refractivity contribution in [3.8, 4) is 0 Å². The highest BCUT2D eigenvalue weighted by Crippen LogP contribution is 2.10. The van der Waals surface area contributed by atoms with Gasteiger partial charge >= 0.3 is 0 Å². The molecule has 2 aromatic rings. The zero-order valence-electron chi connectivity index (χ0n) is 11.8. The Bertz CT molecular complexity index is 570. The number of aromatic nitrogens is 2. The van der Waals surface area contributed by atoms with Crippen molar-refractivity contribution in [2.75, 3.05) is 0 Å². The van der Waals surface area contributed by atoms with Gasteiger partial charge in [0.1, 0.15) is 0 Å². The molecule has 0 aliphatic rings. The van der Waals surface area contributed by atoms with Crippen LogP contribution in [0.5, 0.6) is 0 Å². The Morgan fingerprint density at radius 2 is 2.00 bits per heavy atom. The van der Waals surface area contributed by atoms with E-state index in [0.717, 1.165) is 11.1 Å². The van der Waals surface area contributed by atoms with Crippen molar-refractivity contribution in [1.82, 2.24) is 15.1 Å². The van der Waals surface area contributed by atoms with Crippen molar-refractivity contribution in [3.63, 3.8) is 0 Å². The smallest absolute Gasteiger partial charge is 0.239 e. The fraction of sp³-hybridized carbons (Fsp3) is 0.333. The molecule has 0 saturated heterocycles. The first-order chi connectivity index (χ1) is 9.47. The fourth-order valence-electron chi connectivity index (χ4n) is 1.86. The van der Waals surface area contributed by atoms with Crippen LogP contribution in [0.15, 0.2) is 42.7 Å². The Kier molecular flexibility index (Phi) is 4.20. The molecule has 0 atom stereocenters. The molecule has 20 heavy (non-hydrogen) atoms. The second-order valence-electron chi connectivity index (χ2n) is 5.38. The monoisotopic (exact) mass is 272 g/mol. The van der Waals surface area contributed by atoms with Crippen molar-refractivity contribution < 1.29 is 4.79 Å². The van der Waals surface area contributed by atoms with E-state index in [0.29, 0.717) is 13.1 Å². The summed E-state index contributed by atoms with van der Waals surface area (Å²) in [5.41, 5.74) is 7.10. The maximum atomic E-state index is 11.8. The summed E-state index contributed by atoms with van der Waals surface area (Å²) < 4.78 is 1.85. The second-order valence-corrected chi connectivity index (χ2v) is 5.38. The molecule has 3 N–H and O–H groups in total. The number of rotatable bonds is 5. The topological polar surface area (TPSA) is 72.9 Å². The number of nitrogens with two attached hydrogens (primary N) is 1. The maximum absolute atomic E-state index is 11.8. The zero-order valence-corrected chi connectivity index (χ0v) is 11.8. The average Bonchev–Trinajstić information content (AvgIpc) is 2.89. The molecule has 0 saturated carbocycles. The molecule has 2 rings (SSSR count). The molecule has 0 aliphatic carbocycles. The lowest BCUT2D eigenvalue weighted by molar-refractivity contribution is -0.125. The van der Waals surface area contributed by atoms with Gasteiger partial charge in [-0.05, 0) is 31.0 Å². The van der Waals surface area contributed by atoms with Crippen molar-refractivity contribution in [1.29, 1.82) is 0 Å². The van der Waals surface area contributed by atoms with E-state index in [2.05, 4.69) is 10.4 Å². The van der Waals surface area contributed by atoms with Crippen LogP contribution < -0.4 is 11.1 Å². The second kappa shape index (κ2) is 5.88. The summed E-state index contributed by atoms with van der Waals surface area (Å²) in [6.45, 7) is 4.54. The van der Waals surface area contributed by atoms with E-state index >= 15 is 0 Å². The minimum Gasteiger partial charge on any atom is -0.350 e. The number of carbonyl (C=O) groups is 1. The van der Waals surface area contributed by atoms with Gasteiger partial charge in [-0.1, -0.05) is 24.3 Å². The van der Waals surface area contributed by atoms with Crippen molar-refractivity contribution >= 4 is 5.91 Å². The SMILES string of the molecule is CC(C)(N)C(=O)NCc1ccccc1Cn1cccn1. The molecule has 0 radical (unpaired) electrons. The lowest BCUT2D eigenvalue weighted by Gasteiger charge is -2.18. The summed E-state index contributed by atoms with van der Waals surface area (Å²) in [6.07, 6.45) is 3.67. The molecule has 5 nitrogen and oxygen atoms in total. The van der Waals surface area contributed by atoms with Crippen LogP contribution in [0.1, 0.15) is 25.0 Å². The van der Waals surface area contributed by atoms with Crippen LogP contribution in [0.25, 0.3) is 0 Å². The summed E-state index contributed by atoms with van der Waals surface area (Å²) >= 11 is 0. The number of hydrogen-bond donors (Lipinski definition) is 2. The van der Waals surface area contributed by atoms with E-state index < -0.39 is 5.54 Å². The first kappa shape index (κ1) is 14.3. The van der Waals surface area contributed by atoms with E-state index in [1.165, 1.54) is 0 Å². The van der Waals surface area contributed by atoms with Gasteiger partial charge in [-0.15, -0.1) is 0 Å². The van der Waals surface area contributed by atoms with Crippen molar-refractivity contribution in [3.05, 3.63) is 53.9 Å². The summed E-state index contributed by atoms with van der Waals surface area (Å²) in [5.74, 6) is -0.161. The van der Waals surface area contributed by atoms with E-state index in [4.69, 9.17) is 5.73 Å². The van der Waals surface area contributed by atoms with Crippen LogP contribution in [0.4, 0.5) is 0 Å². The van der Waals surface area contributed by atoms with Crippen LogP contribution in [-0.4, -0.2) is 21.2 Å². The predicted molar refractivity (Wildman–Crippen MR) is 77.9 cm³/mol. The molecular formula is C15H20N4O. The summed E-state index contributed by atoms with van der Waals surface area (Å²) in [7, 11) is 0. The third-order valence-electron chi connectivity index (χ3n) is 3.03. The standard InChI is InChI=1S/C15H20N4O/c1-15(2,16)14(20)17-10-12-6-3-4-7-13(12)11-19-9-5-8-18-19/h3-9H,10-11,16H2,1-2H3,(H,17,20). The first-order valence-electron chi connectivity index (χ1n) is 6.58. The lowest BCUT2D eigenvalue weighted by atomic mass is 10.0. The number of amides is 1. The molecule has 0 fully saturated rings. The van der Waals surface area contributed by atoms with E-state index in [9.17, 15) is 4.79 Å². The number of nitrogens with zero attached hydrogens (tertiary/aromatic N) is 2. The van der Waals surface area contributed by atoms with E-state index in [1.54, 1.807) is 20.0 Å². The summed E-state index contributed by atoms with van der Waals surface area (Å²) in [6, 6.07) is 9.87.